The molecule has 1 amide bonds. The summed E-state index contributed by atoms with van der Waals surface area (Å²) in [5.74, 6) is 0.948. The van der Waals surface area contributed by atoms with Gasteiger partial charge in [-0.1, -0.05) is 6.92 Å². The maximum Gasteiger partial charge on any atom is 0.261 e. The average molecular weight is 237 g/mol. The Labute approximate surface area is 101 Å². The minimum Gasteiger partial charge on any atom is -0.349 e. The van der Waals surface area contributed by atoms with Crippen molar-refractivity contribution < 1.29 is 4.79 Å². The van der Waals surface area contributed by atoms with Gasteiger partial charge in [-0.2, -0.15) is 0 Å². The van der Waals surface area contributed by atoms with Gasteiger partial charge in [0, 0.05) is 6.04 Å². The molecule has 1 heterocycles. The van der Waals surface area contributed by atoms with E-state index in [4.69, 9.17) is 0 Å². The quantitative estimate of drug-likeness (QED) is 0.839. The topological polar surface area (TPSA) is 29.1 Å². The third kappa shape index (κ3) is 2.64. The number of rotatable bonds is 2. The van der Waals surface area contributed by atoms with Gasteiger partial charge < -0.3 is 5.32 Å². The van der Waals surface area contributed by atoms with Crippen LogP contribution < -0.4 is 5.32 Å². The van der Waals surface area contributed by atoms with E-state index >= 15 is 0 Å². The third-order valence-electron chi connectivity index (χ3n) is 3.42. The molecule has 1 N–H and O–H groups in total. The van der Waals surface area contributed by atoms with Crippen molar-refractivity contribution in [2.75, 3.05) is 0 Å². The fraction of sp³-hybridized carbons (Fsp3) is 0.615. The van der Waals surface area contributed by atoms with Crippen molar-refractivity contribution in [3.63, 3.8) is 0 Å². The fourth-order valence-electron chi connectivity index (χ4n) is 2.26. The number of carbonyl (C=O) groups is 1. The van der Waals surface area contributed by atoms with E-state index in [1.165, 1.54) is 24.2 Å². The van der Waals surface area contributed by atoms with E-state index in [1.807, 2.05) is 18.4 Å². The minimum absolute atomic E-state index is 0.118. The lowest BCUT2D eigenvalue weighted by Crippen LogP contribution is -2.37. The Morgan fingerprint density at radius 3 is 2.62 bits per heavy atom. The predicted molar refractivity (Wildman–Crippen MR) is 67.9 cm³/mol. The van der Waals surface area contributed by atoms with Gasteiger partial charge in [0.2, 0.25) is 0 Å². The summed E-state index contributed by atoms with van der Waals surface area (Å²) in [5, 5.41) is 5.13. The highest BCUT2D eigenvalue weighted by atomic mass is 32.1. The van der Waals surface area contributed by atoms with E-state index in [0.717, 1.165) is 29.2 Å². The lowest BCUT2D eigenvalue weighted by molar-refractivity contribution is 0.0926. The SMILES string of the molecule is Cc1ccsc1C(=O)NC1CCC(C)CC1. The van der Waals surface area contributed by atoms with Gasteiger partial charge in [0.1, 0.15) is 0 Å². The lowest BCUT2D eigenvalue weighted by Gasteiger charge is -2.26. The van der Waals surface area contributed by atoms with Crippen LogP contribution in [0.15, 0.2) is 11.4 Å². The maximum atomic E-state index is 12.0. The normalized spacial score (nSPS) is 25.4. The van der Waals surface area contributed by atoms with Crippen LogP contribution >= 0.6 is 11.3 Å². The van der Waals surface area contributed by atoms with Crippen molar-refractivity contribution in [2.45, 2.75) is 45.6 Å². The van der Waals surface area contributed by atoms with E-state index in [9.17, 15) is 4.79 Å². The monoisotopic (exact) mass is 237 g/mol. The standard InChI is InChI=1S/C13H19NOS/c1-9-3-5-11(6-4-9)14-13(15)12-10(2)7-8-16-12/h7-9,11H,3-6H2,1-2H3,(H,14,15). The number of thiophene rings is 1. The first-order chi connectivity index (χ1) is 7.66. The summed E-state index contributed by atoms with van der Waals surface area (Å²) < 4.78 is 0. The molecule has 2 nitrogen and oxygen atoms in total. The summed E-state index contributed by atoms with van der Waals surface area (Å²) in [7, 11) is 0. The minimum atomic E-state index is 0.118. The van der Waals surface area contributed by atoms with Gasteiger partial charge in [-0.05, 0) is 55.5 Å². The molecule has 16 heavy (non-hydrogen) atoms. The Morgan fingerprint density at radius 1 is 1.38 bits per heavy atom. The van der Waals surface area contributed by atoms with Crippen molar-refractivity contribution in [1.82, 2.24) is 5.32 Å². The molecular weight excluding hydrogens is 218 g/mol. The van der Waals surface area contributed by atoms with Crippen molar-refractivity contribution in [3.8, 4) is 0 Å². The Hall–Kier alpha value is -0.830. The molecule has 1 aromatic heterocycles. The van der Waals surface area contributed by atoms with Crippen molar-refractivity contribution in [1.29, 1.82) is 0 Å². The van der Waals surface area contributed by atoms with Crippen molar-refractivity contribution in [3.05, 3.63) is 21.9 Å². The Morgan fingerprint density at radius 2 is 2.06 bits per heavy atom. The maximum absolute atomic E-state index is 12.0. The zero-order valence-electron chi connectivity index (χ0n) is 9.95. The highest BCUT2D eigenvalue weighted by molar-refractivity contribution is 7.12. The lowest BCUT2D eigenvalue weighted by atomic mass is 9.87. The molecule has 0 aliphatic heterocycles. The molecule has 0 unspecified atom stereocenters. The summed E-state index contributed by atoms with van der Waals surface area (Å²) in [6.07, 6.45) is 4.76. The van der Waals surface area contributed by atoms with E-state index < -0.39 is 0 Å². The molecule has 1 aromatic rings. The first-order valence-electron chi connectivity index (χ1n) is 6.01. The summed E-state index contributed by atoms with van der Waals surface area (Å²) >= 11 is 1.53. The zero-order chi connectivity index (χ0) is 11.5. The Bertz CT molecular complexity index is 364. The van der Waals surface area contributed by atoms with Gasteiger partial charge in [-0.25, -0.2) is 0 Å². The molecule has 0 radical (unpaired) electrons. The molecule has 0 bridgehead atoms. The molecule has 3 heteroatoms. The van der Waals surface area contributed by atoms with Crippen LogP contribution in [0.25, 0.3) is 0 Å². The summed E-state index contributed by atoms with van der Waals surface area (Å²) in [5.41, 5.74) is 1.09. The van der Waals surface area contributed by atoms with Crippen LogP contribution in [-0.2, 0) is 0 Å². The van der Waals surface area contributed by atoms with Crippen LogP contribution in [0.5, 0.6) is 0 Å². The van der Waals surface area contributed by atoms with E-state index in [1.54, 1.807) is 0 Å². The highest BCUT2D eigenvalue weighted by Crippen LogP contribution is 2.24. The number of amides is 1. The van der Waals surface area contributed by atoms with Crippen LogP contribution in [0.3, 0.4) is 0 Å². The summed E-state index contributed by atoms with van der Waals surface area (Å²) in [4.78, 5) is 12.8. The van der Waals surface area contributed by atoms with Crippen LogP contribution in [0.2, 0.25) is 0 Å². The second kappa shape index (κ2) is 5.00. The summed E-state index contributed by atoms with van der Waals surface area (Å²) in [6, 6.07) is 2.40. The molecule has 88 valence electrons. The van der Waals surface area contributed by atoms with Crippen molar-refractivity contribution >= 4 is 17.2 Å². The van der Waals surface area contributed by atoms with E-state index in [-0.39, 0.29) is 5.91 Å². The van der Waals surface area contributed by atoms with Crippen molar-refractivity contribution in [2.24, 2.45) is 5.92 Å². The average Bonchev–Trinajstić information content (AvgIpc) is 2.68. The summed E-state index contributed by atoms with van der Waals surface area (Å²) in [6.45, 7) is 4.29. The molecule has 1 saturated carbocycles. The predicted octanol–water partition coefficient (Wildman–Crippen LogP) is 3.37. The van der Waals surface area contributed by atoms with Crippen LogP contribution in [0.4, 0.5) is 0 Å². The van der Waals surface area contributed by atoms with Crippen LogP contribution in [0, 0.1) is 12.8 Å². The number of carbonyl (C=O) groups excluding carboxylic acids is 1. The van der Waals surface area contributed by atoms with Crippen LogP contribution in [0.1, 0.15) is 47.8 Å². The van der Waals surface area contributed by atoms with Gasteiger partial charge in [0.25, 0.3) is 5.91 Å². The molecule has 2 rings (SSSR count). The van der Waals surface area contributed by atoms with E-state index in [2.05, 4.69) is 12.2 Å². The zero-order valence-corrected chi connectivity index (χ0v) is 10.8. The number of nitrogens with one attached hydrogen (secondary N) is 1. The molecule has 0 spiro atoms. The van der Waals surface area contributed by atoms with Gasteiger partial charge in [0.15, 0.2) is 0 Å². The number of hydrogen-bond donors (Lipinski definition) is 1. The second-order valence-corrected chi connectivity index (χ2v) is 5.78. The largest absolute Gasteiger partial charge is 0.349 e. The molecule has 1 aliphatic carbocycles. The molecular formula is C13H19NOS. The number of hydrogen-bond acceptors (Lipinski definition) is 2. The van der Waals surface area contributed by atoms with Gasteiger partial charge in [-0.3, -0.25) is 4.79 Å². The first-order valence-corrected chi connectivity index (χ1v) is 6.89. The molecule has 1 fully saturated rings. The van der Waals surface area contributed by atoms with Crippen LogP contribution in [-0.4, -0.2) is 11.9 Å². The fourth-order valence-corrected chi connectivity index (χ4v) is 3.09. The Kier molecular flexibility index (Phi) is 3.64. The molecule has 0 saturated heterocycles. The first kappa shape index (κ1) is 11.6. The van der Waals surface area contributed by atoms with E-state index in [0.29, 0.717) is 6.04 Å². The smallest absolute Gasteiger partial charge is 0.261 e. The highest BCUT2D eigenvalue weighted by Gasteiger charge is 2.21. The molecule has 0 atom stereocenters. The molecule has 1 aliphatic rings. The van der Waals surface area contributed by atoms with Gasteiger partial charge in [0.05, 0.1) is 4.88 Å². The Balaban J connectivity index is 1.91. The molecule has 0 aromatic carbocycles. The van der Waals surface area contributed by atoms with Gasteiger partial charge >= 0.3 is 0 Å². The number of aryl methyl sites for hydroxylation is 1. The van der Waals surface area contributed by atoms with Gasteiger partial charge in [-0.15, -0.1) is 11.3 Å². The second-order valence-electron chi connectivity index (χ2n) is 4.86. The third-order valence-corrected chi connectivity index (χ3v) is 4.43.